The van der Waals surface area contributed by atoms with Crippen LogP contribution in [0.15, 0.2) is 48.5 Å². The van der Waals surface area contributed by atoms with Crippen LogP contribution in [0.25, 0.3) is 33.7 Å². The fourth-order valence-corrected chi connectivity index (χ4v) is 3.26. The zero-order valence-electron chi connectivity index (χ0n) is 16.7. The van der Waals surface area contributed by atoms with Gasteiger partial charge in [-0.3, -0.25) is 4.68 Å². The van der Waals surface area contributed by atoms with Gasteiger partial charge in [-0.1, -0.05) is 45.0 Å². The molecular weight excluding hydrogens is 374 g/mol. The van der Waals surface area contributed by atoms with Gasteiger partial charge in [-0.15, -0.1) is 0 Å². The lowest BCUT2D eigenvalue weighted by Crippen LogP contribution is -2.12. The predicted molar refractivity (Wildman–Crippen MR) is 109 cm³/mol. The molecule has 2 aromatic heterocycles. The van der Waals surface area contributed by atoms with E-state index < -0.39 is 6.61 Å². The number of hydrogen-bond donors (Lipinski definition) is 1. The molecule has 0 spiro atoms. The first-order chi connectivity index (χ1) is 13.7. The summed E-state index contributed by atoms with van der Waals surface area (Å²) in [5.74, 6) is 0.850. The third kappa shape index (κ3) is 3.72. The number of aromatic nitrogens is 4. The van der Waals surface area contributed by atoms with Crippen molar-refractivity contribution in [3.05, 3.63) is 54.2 Å². The summed E-state index contributed by atoms with van der Waals surface area (Å²) in [4.78, 5) is 8.00. The molecule has 4 rings (SSSR count). The molecule has 4 aromatic rings. The van der Waals surface area contributed by atoms with Crippen LogP contribution in [0.5, 0.6) is 5.75 Å². The molecule has 2 heterocycles. The van der Waals surface area contributed by atoms with E-state index in [1.54, 1.807) is 18.2 Å². The van der Waals surface area contributed by atoms with E-state index in [2.05, 4.69) is 40.6 Å². The van der Waals surface area contributed by atoms with Gasteiger partial charge in [0, 0.05) is 18.0 Å². The van der Waals surface area contributed by atoms with Gasteiger partial charge in [0.1, 0.15) is 11.4 Å². The standard InChI is InChI=1S/C22H22F2N4O/c1-22(2,3)19-12-17(28(4)27-19)20-25-15-10-9-13(11-16(15)26-20)14-7-5-6-8-18(14)29-21(23)24/h5-12,21H,1-4H3,(H,25,26). The molecule has 0 radical (unpaired) electrons. The topological polar surface area (TPSA) is 55.7 Å². The largest absolute Gasteiger partial charge is 0.434 e. The van der Waals surface area contributed by atoms with Crippen molar-refractivity contribution in [2.24, 2.45) is 7.05 Å². The second kappa shape index (κ2) is 6.99. The van der Waals surface area contributed by atoms with E-state index in [9.17, 15) is 8.78 Å². The lowest BCUT2D eigenvalue weighted by molar-refractivity contribution is -0.0494. The second-order valence-electron chi connectivity index (χ2n) is 7.98. The summed E-state index contributed by atoms with van der Waals surface area (Å²) in [7, 11) is 1.89. The Bertz CT molecular complexity index is 1170. The van der Waals surface area contributed by atoms with Crippen molar-refractivity contribution in [2.75, 3.05) is 0 Å². The molecule has 0 fully saturated rings. The second-order valence-corrected chi connectivity index (χ2v) is 7.98. The first kappa shape index (κ1) is 19.1. The summed E-state index contributed by atoms with van der Waals surface area (Å²) in [6.07, 6.45) is 0. The first-order valence-corrected chi connectivity index (χ1v) is 9.31. The molecule has 29 heavy (non-hydrogen) atoms. The minimum Gasteiger partial charge on any atom is -0.434 e. The van der Waals surface area contributed by atoms with Crippen molar-refractivity contribution < 1.29 is 13.5 Å². The fraction of sp³-hybridized carbons (Fsp3) is 0.273. The number of halogens is 2. The van der Waals surface area contributed by atoms with Gasteiger partial charge < -0.3 is 9.72 Å². The summed E-state index contributed by atoms with van der Waals surface area (Å²) >= 11 is 0. The van der Waals surface area contributed by atoms with E-state index in [1.165, 1.54) is 6.07 Å². The number of fused-ring (bicyclic) bond motifs is 1. The van der Waals surface area contributed by atoms with Gasteiger partial charge in [0.05, 0.1) is 16.7 Å². The van der Waals surface area contributed by atoms with Crippen LogP contribution < -0.4 is 4.74 Å². The number of para-hydroxylation sites is 1. The summed E-state index contributed by atoms with van der Waals surface area (Å²) < 4.78 is 32.0. The van der Waals surface area contributed by atoms with Gasteiger partial charge in [-0.05, 0) is 29.8 Å². The van der Waals surface area contributed by atoms with Gasteiger partial charge in [0.15, 0.2) is 5.82 Å². The molecule has 0 amide bonds. The lowest BCUT2D eigenvalue weighted by atomic mass is 9.92. The number of ether oxygens (including phenoxy) is 1. The highest BCUT2D eigenvalue weighted by Gasteiger charge is 2.21. The Balaban J connectivity index is 1.76. The molecule has 0 bridgehead atoms. The molecule has 0 aliphatic heterocycles. The van der Waals surface area contributed by atoms with Crippen LogP contribution >= 0.6 is 0 Å². The molecule has 0 unspecified atom stereocenters. The zero-order chi connectivity index (χ0) is 20.8. The molecule has 1 N–H and O–H groups in total. The SMILES string of the molecule is Cn1nc(C(C)(C)C)cc1-c1nc2ccc(-c3ccccc3OC(F)F)cc2[nH]1. The van der Waals surface area contributed by atoms with Crippen LogP contribution in [-0.4, -0.2) is 26.4 Å². The number of imidazole rings is 1. The summed E-state index contributed by atoms with van der Waals surface area (Å²) in [5.41, 5.74) is 4.76. The van der Waals surface area contributed by atoms with E-state index in [1.807, 2.05) is 36.0 Å². The van der Waals surface area contributed by atoms with E-state index >= 15 is 0 Å². The van der Waals surface area contributed by atoms with Gasteiger partial charge in [0.2, 0.25) is 0 Å². The van der Waals surface area contributed by atoms with Crippen molar-refractivity contribution in [2.45, 2.75) is 32.8 Å². The molecule has 150 valence electrons. The summed E-state index contributed by atoms with van der Waals surface area (Å²) in [5, 5.41) is 4.60. The number of hydrogen-bond acceptors (Lipinski definition) is 3. The third-order valence-electron chi connectivity index (χ3n) is 4.79. The number of rotatable bonds is 4. The molecule has 0 aliphatic carbocycles. The average Bonchev–Trinajstić information content (AvgIpc) is 3.24. The van der Waals surface area contributed by atoms with E-state index in [-0.39, 0.29) is 11.2 Å². The maximum absolute atomic E-state index is 12.7. The van der Waals surface area contributed by atoms with Crippen molar-refractivity contribution in [3.8, 4) is 28.4 Å². The zero-order valence-corrected chi connectivity index (χ0v) is 16.7. The van der Waals surface area contributed by atoms with Crippen molar-refractivity contribution >= 4 is 11.0 Å². The van der Waals surface area contributed by atoms with Gasteiger partial charge in [-0.25, -0.2) is 4.98 Å². The maximum atomic E-state index is 12.7. The molecule has 0 atom stereocenters. The molecule has 0 aliphatic rings. The van der Waals surface area contributed by atoms with E-state index in [0.717, 1.165) is 28.0 Å². The Labute approximate surface area is 167 Å². The number of aromatic amines is 1. The highest BCUT2D eigenvalue weighted by molar-refractivity contribution is 5.85. The summed E-state index contributed by atoms with van der Waals surface area (Å²) in [6.45, 7) is 3.47. The number of nitrogens with one attached hydrogen (secondary N) is 1. The van der Waals surface area contributed by atoms with Crippen molar-refractivity contribution in [1.82, 2.24) is 19.7 Å². The van der Waals surface area contributed by atoms with Gasteiger partial charge in [0.25, 0.3) is 0 Å². The van der Waals surface area contributed by atoms with Crippen LogP contribution in [0.2, 0.25) is 0 Å². The number of aryl methyl sites for hydroxylation is 1. The quantitative estimate of drug-likeness (QED) is 0.493. The Hall–Kier alpha value is -3.22. The Morgan fingerprint density at radius 1 is 1.07 bits per heavy atom. The lowest BCUT2D eigenvalue weighted by Gasteiger charge is -2.13. The Morgan fingerprint density at radius 2 is 1.83 bits per heavy atom. The van der Waals surface area contributed by atoms with Crippen LogP contribution in [0, 0.1) is 0 Å². The monoisotopic (exact) mass is 396 g/mol. The Kier molecular flexibility index (Phi) is 4.61. The first-order valence-electron chi connectivity index (χ1n) is 9.31. The molecule has 0 saturated carbocycles. The predicted octanol–water partition coefficient (Wildman–Crippen LogP) is 5.53. The molecular formula is C22H22F2N4O. The molecule has 5 nitrogen and oxygen atoms in total. The normalized spacial score (nSPS) is 12.1. The maximum Gasteiger partial charge on any atom is 0.387 e. The van der Waals surface area contributed by atoms with Crippen LogP contribution in [0.1, 0.15) is 26.5 Å². The highest BCUT2D eigenvalue weighted by atomic mass is 19.3. The highest BCUT2D eigenvalue weighted by Crippen LogP contribution is 2.33. The van der Waals surface area contributed by atoms with Crippen LogP contribution in [-0.2, 0) is 12.5 Å². The fourth-order valence-electron chi connectivity index (χ4n) is 3.26. The van der Waals surface area contributed by atoms with Crippen molar-refractivity contribution in [1.29, 1.82) is 0 Å². The number of nitrogens with zero attached hydrogens (tertiary/aromatic N) is 3. The number of benzene rings is 2. The average molecular weight is 396 g/mol. The van der Waals surface area contributed by atoms with Crippen LogP contribution in [0.3, 0.4) is 0 Å². The minimum absolute atomic E-state index is 0.0659. The third-order valence-corrected chi connectivity index (χ3v) is 4.79. The molecule has 2 aromatic carbocycles. The smallest absolute Gasteiger partial charge is 0.387 e. The van der Waals surface area contributed by atoms with Gasteiger partial charge >= 0.3 is 6.61 Å². The van der Waals surface area contributed by atoms with Crippen molar-refractivity contribution in [3.63, 3.8) is 0 Å². The molecule has 0 saturated heterocycles. The Morgan fingerprint density at radius 3 is 2.52 bits per heavy atom. The molecule has 7 heteroatoms. The van der Waals surface area contributed by atoms with Crippen LogP contribution in [0.4, 0.5) is 8.78 Å². The number of H-pyrrole nitrogens is 1. The van der Waals surface area contributed by atoms with Gasteiger partial charge in [-0.2, -0.15) is 13.9 Å². The number of alkyl halides is 2. The summed E-state index contributed by atoms with van der Waals surface area (Å²) in [6, 6.07) is 14.4. The van der Waals surface area contributed by atoms with E-state index in [4.69, 9.17) is 0 Å². The minimum atomic E-state index is -2.87. The van der Waals surface area contributed by atoms with E-state index in [0.29, 0.717) is 11.4 Å².